The van der Waals surface area contributed by atoms with Gasteiger partial charge < -0.3 is 15.2 Å². The molecule has 2 N–H and O–H groups in total. The van der Waals surface area contributed by atoms with Crippen LogP contribution in [0.5, 0.6) is 5.75 Å². The number of aliphatic carboxylic acids is 1. The summed E-state index contributed by atoms with van der Waals surface area (Å²) in [6, 6.07) is 18.2. The number of carboxylic acid groups (broad SMARTS) is 1. The molecule has 2 aromatic heterocycles. The summed E-state index contributed by atoms with van der Waals surface area (Å²) in [5.74, 6) is -0.715. The Morgan fingerprint density at radius 2 is 1.49 bits per heavy atom. The Labute approximate surface area is 281 Å². The summed E-state index contributed by atoms with van der Waals surface area (Å²) in [5, 5.41) is 11.9. The summed E-state index contributed by atoms with van der Waals surface area (Å²) in [6.45, 7) is 8.49. The SMILES string of the molecule is CCCCCCCOc1ccc(-c2cnc(-c3ccc(C[C@H](CC(=O)c4ccc(C(C)C)s4)C(=O)N[C@H](C)C(=O)O)cc3)nc2)cc1. The van der Waals surface area contributed by atoms with Crippen LogP contribution in [0.4, 0.5) is 0 Å². The van der Waals surface area contributed by atoms with E-state index in [0.717, 1.165) is 45.9 Å². The highest BCUT2D eigenvalue weighted by Gasteiger charge is 2.26. The van der Waals surface area contributed by atoms with Gasteiger partial charge in [-0.25, -0.2) is 9.97 Å². The van der Waals surface area contributed by atoms with E-state index >= 15 is 0 Å². The topological polar surface area (TPSA) is 118 Å². The maximum atomic E-state index is 13.2. The molecule has 2 aromatic carbocycles. The van der Waals surface area contributed by atoms with Crippen LogP contribution >= 0.6 is 11.3 Å². The molecule has 4 rings (SSSR count). The van der Waals surface area contributed by atoms with Crippen LogP contribution in [0.1, 0.15) is 92.3 Å². The summed E-state index contributed by atoms with van der Waals surface area (Å²) in [6.07, 6.45) is 9.88. The molecule has 0 fully saturated rings. The zero-order chi connectivity index (χ0) is 33.8. The third-order valence-corrected chi connectivity index (χ3v) is 9.48. The van der Waals surface area contributed by atoms with Crippen molar-refractivity contribution in [2.75, 3.05) is 6.61 Å². The van der Waals surface area contributed by atoms with E-state index in [2.05, 4.69) is 36.1 Å². The summed E-state index contributed by atoms with van der Waals surface area (Å²) in [4.78, 5) is 48.6. The first kappa shape index (κ1) is 35.5. The minimum absolute atomic E-state index is 0.0191. The summed E-state index contributed by atoms with van der Waals surface area (Å²) >= 11 is 1.44. The van der Waals surface area contributed by atoms with Gasteiger partial charge in [-0.1, -0.05) is 82.9 Å². The lowest BCUT2D eigenvalue weighted by Crippen LogP contribution is -2.42. The van der Waals surface area contributed by atoms with Crippen LogP contribution in [0.15, 0.2) is 73.1 Å². The van der Waals surface area contributed by atoms with E-state index in [-0.39, 0.29) is 18.6 Å². The number of hydrogen-bond acceptors (Lipinski definition) is 7. The number of carbonyl (C=O) groups excluding carboxylic acids is 2. The largest absolute Gasteiger partial charge is 0.494 e. The molecule has 47 heavy (non-hydrogen) atoms. The fraction of sp³-hybridized carbons (Fsp3) is 0.395. The van der Waals surface area contributed by atoms with E-state index in [1.165, 1.54) is 43.9 Å². The van der Waals surface area contributed by atoms with Crippen LogP contribution in [-0.4, -0.2) is 45.4 Å². The van der Waals surface area contributed by atoms with Gasteiger partial charge in [0.1, 0.15) is 11.8 Å². The lowest BCUT2D eigenvalue weighted by Gasteiger charge is -2.18. The first-order valence-electron chi connectivity index (χ1n) is 16.4. The van der Waals surface area contributed by atoms with E-state index < -0.39 is 23.8 Å². The Kier molecular flexibility index (Phi) is 13.2. The van der Waals surface area contributed by atoms with Crippen molar-refractivity contribution < 1.29 is 24.2 Å². The van der Waals surface area contributed by atoms with Gasteiger partial charge in [-0.15, -0.1) is 11.3 Å². The number of nitrogens with zero attached hydrogens (tertiary/aromatic N) is 2. The van der Waals surface area contributed by atoms with Crippen molar-refractivity contribution in [1.29, 1.82) is 0 Å². The molecule has 0 bridgehead atoms. The van der Waals surface area contributed by atoms with Crippen molar-refractivity contribution in [1.82, 2.24) is 15.3 Å². The standard InChI is InChI=1S/C38H45N3O5S/c1-5-6-7-8-9-20-46-32-16-14-28(15-17-32)31-23-39-36(40-24-31)29-12-10-27(11-13-29)21-30(37(43)41-26(4)38(44)45)22-33(42)35-19-18-34(47-35)25(2)3/h10-19,23-26,30H,5-9,20-22H2,1-4H3,(H,41,43)(H,44,45)/t26-,30-/m1/s1. The van der Waals surface area contributed by atoms with Crippen LogP contribution in [0.3, 0.4) is 0 Å². The minimum Gasteiger partial charge on any atom is -0.494 e. The second kappa shape index (κ2) is 17.5. The van der Waals surface area contributed by atoms with Gasteiger partial charge in [0.15, 0.2) is 11.6 Å². The number of Topliss-reactive ketones (excluding diaryl/α,β-unsaturated/α-hetero) is 1. The van der Waals surface area contributed by atoms with Crippen molar-refractivity contribution in [3.8, 4) is 28.3 Å². The molecule has 0 saturated heterocycles. The van der Waals surface area contributed by atoms with Crippen LogP contribution in [0, 0.1) is 5.92 Å². The van der Waals surface area contributed by atoms with Crippen molar-refractivity contribution in [2.45, 2.75) is 84.6 Å². The molecule has 0 aliphatic rings. The molecule has 0 spiro atoms. The Morgan fingerprint density at radius 1 is 0.830 bits per heavy atom. The van der Waals surface area contributed by atoms with Gasteiger partial charge in [0.05, 0.1) is 11.5 Å². The number of hydrogen-bond donors (Lipinski definition) is 2. The number of ketones is 1. The van der Waals surface area contributed by atoms with Gasteiger partial charge in [-0.05, 0) is 61.1 Å². The predicted octanol–water partition coefficient (Wildman–Crippen LogP) is 8.37. The molecular weight excluding hydrogens is 611 g/mol. The fourth-order valence-electron chi connectivity index (χ4n) is 5.13. The maximum absolute atomic E-state index is 13.2. The smallest absolute Gasteiger partial charge is 0.325 e. The van der Waals surface area contributed by atoms with Crippen molar-refractivity contribution in [3.05, 3.63) is 88.4 Å². The normalized spacial score (nSPS) is 12.4. The number of carboxylic acids is 1. The van der Waals surface area contributed by atoms with Crippen LogP contribution in [-0.2, 0) is 16.0 Å². The van der Waals surface area contributed by atoms with Crippen molar-refractivity contribution >= 4 is 29.0 Å². The molecule has 8 nitrogen and oxygen atoms in total. The summed E-state index contributed by atoms with van der Waals surface area (Å²) in [5.41, 5.74) is 3.57. The third kappa shape index (κ3) is 10.6. The summed E-state index contributed by atoms with van der Waals surface area (Å²) < 4.78 is 5.88. The first-order valence-corrected chi connectivity index (χ1v) is 17.3. The van der Waals surface area contributed by atoms with Gasteiger partial charge in [0.25, 0.3) is 0 Å². The van der Waals surface area contributed by atoms with E-state index in [0.29, 0.717) is 16.6 Å². The number of carbonyl (C=O) groups is 3. The van der Waals surface area contributed by atoms with Gasteiger partial charge in [-0.2, -0.15) is 0 Å². The second-order valence-electron chi connectivity index (χ2n) is 12.2. The number of aromatic nitrogens is 2. The lowest BCUT2D eigenvalue weighted by atomic mass is 9.92. The molecule has 2 heterocycles. The molecular formula is C38H45N3O5S. The zero-order valence-corrected chi connectivity index (χ0v) is 28.5. The summed E-state index contributed by atoms with van der Waals surface area (Å²) in [7, 11) is 0. The molecule has 0 saturated carbocycles. The van der Waals surface area contributed by atoms with Gasteiger partial charge in [-0.3, -0.25) is 14.4 Å². The van der Waals surface area contributed by atoms with Crippen LogP contribution in [0.25, 0.3) is 22.5 Å². The molecule has 0 aliphatic heterocycles. The number of thiophene rings is 1. The molecule has 0 unspecified atom stereocenters. The van der Waals surface area contributed by atoms with Gasteiger partial charge >= 0.3 is 5.97 Å². The Morgan fingerprint density at radius 3 is 2.11 bits per heavy atom. The highest BCUT2D eigenvalue weighted by Crippen LogP contribution is 2.28. The van der Waals surface area contributed by atoms with Crippen LogP contribution < -0.4 is 10.1 Å². The van der Waals surface area contributed by atoms with Crippen molar-refractivity contribution in [3.63, 3.8) is 0 Å². The highest BCUT2D eigenvalue weighted by atomic mass is 32.1. The Hall–Kier alpha value is -4.37. The fourth-order valence-corrected chi connectivity index (χ4v) is 6.09. The Balaban J connectivity index is 1.39. The lowest BCUT2D eigenvalue weighted by molar-refractivity contribution is -0.141. The first-order chi connectivity index (χ1) is 22.6. The van der Waals surface area contributed by atoms with E-state index in [4.69, 9.17) is 4.74 Å². The van der Waals surface area contributed by atoms with Crippen LogP contribution in [0.2, 0.25) is 0 Å². The average molecular weight is 656 g/mol. The molecule has 248 valence electrons. The van der Waals surface area contributed by atoms with Gasteiger partial charge in [0, 0.05) is 40.7 Å². The van der Waals surface area contributed by atoms with Gasteiger partial charge in [0.2, 0.25) is 5.91 Å². The van der Waals surface area contributed by atoms with E-state index in [1.54, 1.807) is 18.5 Å². The number of rotatable bonds is 18. The number of ether oxygens (including phenoxy) is 1. The molecule has 0 aliphatic carbocycles. The molecule has 2 atom stereocenters. The highest BCUT2D eigenvalue weighted by molar-refractivity contribution is 7.14. The average Bonchev–Trinajstić information content (AvgIpc) is 3.58. The number of benzene rings is 2. The quantitative estimate of drug-likeness (QED) is 0.0817. The minimum atomic E-state index is -1.13. The monoisotopic (exact) mass is 655 g/mol. The molecule has 9 heteroatoms. The predicted molar refractivity (Wildman–Crippen MR) is 187 cm³/mol. The molecule has 4 aromatic rings. The van der Waals surface area contributed by atoms with E-state index in [1.807, 2.05) is 54.6 Å². The molecule has 1 amide bonds. The molecule has 0 radical (unpaired) electrons. The number of unbranched alkanes of at least 4 members (excludes halogenated alkanes) is 4. The zero-order valence-electron chi connectivity index (χ0n) is 27.7. The number of nitrogens with one attached hydrogen (secondary N) is 1. The van der Waals surface area contributed by atoms with Crippen molar-refractivity contribution in [2.24, 2.45) is 5.92 Å². The Bertz CT molecular complexity index is 1600. The maximum Gasteiger partial charge on any atom is 0.325 e. The number of amides is 1. The second-order valence-corrected chi connectivity index (χ2v) is 13.3. The van der Waals surface area contributed by atoms with E-state index in [9.17, 15) is 19.5 Å². The third-order valence-electron chi connectivity index (χ3n) is 8.05.